The van der Waals surface area contributed by atoms with Crippen molar-refractivity contribution in [2.24, 2.45) is 0 Å². The number of carbonyl (C=O) groups is 2. The van der Waals surface area contributed by atoms with Gasteiger partial charge in [0.1, 0.15) is 0 Å². The number of thiophene rings is 1. The van der Waals surface area contributed by atoms with Crippen molar-refractivity contribution in [1.29, 1.82) is 0 Å². The molecule has 0 aliphatic carbocycles. The average molecular weight is 350 g/mol. The number of amides is 2. The van der Waals surface area contributed by atoms with E-state index in [9.17, 15) is 9.59 Å². The highest BCUT2D eigenvalue weighted by Gasteiger charge is 2.23. The van der Waals surface area contributed by atoms with Gasteiger partial charge in [-0.3, -0.25) is 14.9 Å². The van der Waals surface area contributed by atoms with Gasteiger partial charge in [-0.1, -0.05) is 6.07 Å². The Labute approximate surface area is 142 Å². The van der Waals surface area contributed by atoms with E-state index in [1.807, 2.05) is 28.7 Å². The highest BCUT2D eigenvalue weighted by molar-refractivity contribution is 7.14. The monoisotopic (exact) mass is 350 g/mol. The summed E-state index contributed by atoms with van der Waals surface area (Å²) in [6, 6.07) is 3.80. The van der Waals surface area contributed by atoms with Gasteiger partial charge in [0, 0.05) is 31.1 Å². The second kappa shape index (κ2) is 7.20. The van der Waals surface area contributed by atoms with Gasteiger partial charge in [-0.15, -0.1) is 22.7 Å². The summed E-state index contributed by atoms with van der Waals surface area (Å²) < 4.78 is 0. The number of hydrogen-bond acceptors (Lipinski definition) is 6. The Morgan fingerprint density at radius 3 is 3.09 bits per heavy atom. The van der Waals surface area contributed by atoms with E-state index in [1.165, 1.54) is 22.7 Å². The van der Waals surface area contributed by atoms with Crippen LogP contribution >= 0.6 is 22.7 Å². The van der Waals surface area contributed by atoms with E-state index in [4.69, 9.17) is 0 Å². The van der Waals surface area contributed by atoms with Crippen molar-refractivity contribution >= 4 is 39.6 Å². The zero-order chi connectivity index (χ0) is 16.2. The minimum atomic E-state index is -0.164. The lowest BCUT2D eigenvalue weighted by molar-refractivity contribution is -0.133. The number of aromatic nitrogens is 1. The van der Waals surface area contributed by atoms with Gasteiger partial charge in [-0.2, -0.15) is 0 Å². The molecule has 0 spiro atoms. The summed E-state index contributed by atoms with van der Waals surface area (Å²) in [5, 5.41) is 10.3. The SMILES string of the molecule is CC1CNCCN1C(=O)Cc1csc(NC(=O)c2cccs2)n1. The maximum atomic E-state index is 12.4. The van der Waals surface area contributed by atoms with Crippen LogP contribution in [0.2, 0.25) is 0 Å². The summed E-state index contributed by atoms with van der Waals surface area (Å²) >= 11 is 2.73. The molecule has 0 saturated carbocycles. The third-order valence-electron chi connectivity index (χ3n) is 3.67. The van der Waals surface area contributed by atoms with E-state index in [0.717, 1.165) is 19.6 Å². The molecule has 1 aliphatic rings. The largest absolute Gasteiger partial charge is 0.337 e. The van der Waals surface area contributed by atoms with Crippen molar-refractivity contribution in [3.63, 3.8) is 0 Å². The Hall–Kier alpha value is -1.77. The van der Waals surface area contributed by atoms with Crippen LogP contribution in [-0.2, 0) is 11.2 Å². The number of carbonyl (C=O) groups excluding carboxylic acids is 2. The van der Waals surface area contributed by atoms with Crippen LogP contribution in [0.25, 0.3) is 0 Å². The van der Waals surface area contributed by atoms with Crippen LogP contribution in [0.1, 0.15) is 22.3 Å². The number of piperazine rings is 1. The molecular weight excluding hydrogens is 332 g/mol. The minimum Gasteiger partial charge on any atom is -0.337 e. The first-order valence-electron chi connectivity index (χ1n) is 7.43. The van der Waals surface area contributed by atoms with Gasteiger partial charge in [-0.25, -0.2) is 4.98 Å². The Kier molecular flexibility index (Phi) is 5.04. The quantitative estimate of drug-likeness (QED) is 0.882. The van der Waals surface area contributed by atoms with E-state index in [2.05, 4.69) is 15.6 Å². The molecule has 23 heavy (non-hydrogen) atoms. The summed E-state index contributed by atoms with van der Waals surface area (Å²) in [5.74, 6) is -0.0802. The highest BCUT2D eigenvalue weighted by Crippen LogP contribution is 2.19. The molecule has 122 valence electrons. The third-order valence-corrected chi connectivity index (χ3v) is 5.35. The predicted molar refractivity (Wildman–Crippen MR) is 92.1 cm³/mol. The Balaban J connectivity index is 1.58. The second-order valence-electron chi connectivity index (χ2n) is 5.39. The fourth-order valence-corrected chi connectivity index (χ4v) is 3.80. The van der Waals surface area contributed by atoms with Crippen LogP contribution in [0.3, 0.4) is 0 Å². The topological polar surface area (TPSA) is 74.3 Å². The van der Waals surface area contributed by atoms with Gasteiger partial charge in [0.05, 0.1) is 17.0 Å². The first kappa shape index (κ1) is 16.1. The molecular formula is C15H18N4O2S2. The van der Waals surface area contributed by atoms with Crippen LogP contribution in [0.5, 0.6) is 0 Å². The number of anilines is 1. The molecule has 1 fully saturated rings. The van der Waals surface area contributed by atoms with Crippen molar-refractivity contribution in [2.45, 2.75) is 19.4 Å². The van der Waals surface area contributed by atoms with E-state index in [1.54, 1.807) is 6.07 Å². The molecule has 2 amide bonds. The Morgan fingerprint density at radius 2 is 2.35 bits per heavy atom. The standard InChI is InChI=1S/C15H18N4O2S2/c1-10-8-16-4-5-19(10)13(20)7-11-9-23-15(17-11)18-14(21)12-3-2-6-22-12/h2-3,6,9-10,16H,4-5,7-8H2,1H3,(H,17,18,21). The normalized spacial score (nSPS) is 18.0. The lowest BCUT2D eigenvalue weighted by Crippen LogP contribution is -2.52. The molecule has 6 nitrogen and oxygen atoms in total. The van der Waals surface area contributed by atoms with E-state index in [-0.39, 0.29) is 24.3 Å². The molecule has 1 atom stereocenters. The van der Waals surface area contributed by atoms with Crippen molar-refractivity contribution in [1.82, 2.24) is 15.2 Å². The van der Waals surface area contributed by atoms with Gasteiger partial charge in [0.25, 0.3) is 5.91 Å². The van der Waals surface area contributed by atoms with Gasteiger partial charge < -0.3 is 10.2 Å². The number of thiazole rings is 1. The van der Waals surface area contributed by atoms with E-state index < -0.39 is 0 Å². The van der Waals surface area contributed by atoms with E-state index >= 15 is 0 Å². The lowest BCUT2D eigenvalue weighted by atomic mass is 10.2. The summed E-state index contributed by atoms with van der Waals surface area (Å²) in [6.45, 7) is 4.42. The van der Waals surface area contributed by atoms with Crippen LogP contribution in [0.4, 0.5) is 5.13 Å². The molecule has 1 aliphatic heterocycles. The summed E-state index contributed by atoms with van der Waals surface area (Å²) in [7, 11) is 0. The van der Waals surface area contributed by atoms with Crippen molar-refractivity contribution in [3.05, 3.63) is 33.5 Å². The Bertz CT molecular complexity index is 683. The van der Waals surface area contributed by atoms with Crippen LogP contribution < -0.4 is 10.6 Å². The first-order chi connectivity index (χ1) is 11.1. The third kappa shape index (κ3) is 3.95. The van der Waals surface area contributed by atoms with Crippen LogP contribution in [-0.4, -0.2) is 47.4 Å². The molecule has 0 radical (unpaired) electrons. The fourth-order valence-electron chi connectivity index (χ4n) is 2.48. The van der Waals surface area contributed by atoms with Gasteiger partial charge in [-0.05, 0) is 18.4 Å². The zero-order valence-corrected chi connectivity index (χ0v) is 14.4. The summed E-state index contributed by atoms with van der Waals surface area (Å²) in [5.41, 5.74) is 0.701. The molecule has 3 rings (SSSR count). The minimum absolute atomic E-state index is 0.0837. The molecule has 1 saturated heterocycles. The van der Waals surface area contributed by atoms with Crippen LogP contribution in [0.15, 0.2) is 22.9 Å². The van der Waals surface area contributed by atoms with Gasteiger partial charge in [0.2, 0.25) is 5.91 Å². The van der Waals surface area contributed by atoms with Crippen molar-refractivity contribution in [2.75, 3.05) is 25.0 Å². The van der Waals surface area contributed by atoms with Crippen LogP contribution in [0, 0.1) is 0 Å². The molecule has 2 N–H and O–H groups in total. The Morgan fingerprint density at radius 1 is 1.48 bits per heavy atom. The molecule has 3 heterocycles. The highest BCUT2D eigenvalue weighted by atomic mass is 32.1. The fraction of sp³-hybridized carbons (Fsp3) is 0.400. The predicted octanol–water partition coefficient (Wildman–Crippen LogP) is 1.82. The molecule has 8 heteroatoms. The first-order valence-corrected chi connectivity index (χ1v) is 9.19. The van der Waals surface area contributed by atoms with Crippen molar-refractivity contribution < 1.29 is 9.59 Å². The summed E-state index contributed by atoms with van der Waals surface area (Å²) in [6.07, 6.45) is 0.274. The number of nitrogens with zero attached hydrogens (tertiary/aromatic N) is 2. The maximum Gasteiger partial charge on any atom is 0.267 e. The molecule has 0 bridgehead atoms. The number of rotatable bonds is 4. The maximum absolute atomic E-state index is 12.4. The van der Waals surface area contributed by atoms with Gasteiger partial charge >= 0.3 is 0 Å². The second-order valence-corrected chi connectivity index (χ2v) is 7.20. The molecule has 1 unspecified atom stereocenters. The molecule has 2 aromatic heterocycles. The lowest BCUT2D eigenvalue weighted by Gasteiger charge is -2.33. The molecule has 2 aromatic rings. The number of nitrogens with one attached hydrogen (secondary N) is 2. The molecule has 0 aromatic carbocycles. The van der Waals surface area contributed by atoms with Crippen molar-refractivity contribution in [3.8, 4) is 0 Å². The zero-order valence-electron chi connectivity index (χ0n) is 12.7. The smallest absolute Gasteiger partial charge is 0.267 e. The van der Waals surface area contributed by atoms with E-state index in [0.29, 0.717) is 15.7 Å². The number of hydrogen-bond donors (Lipinski definition) is 2. The average Bonchev–Trinajstić information content (AvgIpc) is 3.19. The van der Waals surface area contributed by atoms with Gasteiger partial charge in [0.15, 0.2) is 5.13 Å². The summed E-state index contributed by atoms with van der Waals surface area (Å²) in [4.78, 5) is 31.2.